The third-order valence-electron chi connectivity index (χ3n) is 2.38. The van der Waals surface area contributed by atoms with E-state index in [1.54, 1.807) is 12.1 Å². The van der Waals surface area contributed by atoms with Crippen molar-refractivity contribution in [1.82, 2.24) is 9.97 Å². The van der Waals surface area contributed by atoms with E-state index in [9.17, 15) is 9.18 Å². The van der Waals surface area contributed by atoms with Crippen LogP contribution in [0, 0.1) is 17.1 Å². The third-order valence-corrected chi connectivity index (χ3v) is 2.38. The molecule has 0 aliphatic rings. The summed E-state index contributed by atoms with van der Waals surface area (Å²) >= 11 is 0. The molecule has 2 aromatic rings. The summed E-state index contributed by atoms with van der Waals surface area (Å²) < 4.78 is 13.3. The highest BCUT2D eigenvalue weighted by atomic mass is 19.1. The molecular weight excluding hydrogens is 237 g/mol. The maximum absolute atomic E-state index is 13.3. The van der Waals surface area contributed by atoms with Gasteiger partial charge in [0.1, 0.15) is 23.4 Å². The van der Waals surface area contributed by atoms with Crippen LogP contribution in [-0.2, 0) is 6.42 Å². The number of aromatic amines is 1. The Kier molecular flexibility index (Phi) is 3.06. The number of carboxylic acid groups (broad SMARTS) is 1. The number of aromatic carboxylic acids is 1. The van der Waals surface area contributed by atoms with Gasteiger partial charge in [0.15, 0.2) is 0 Å². The van der Waals surface area contributed by atoms with Gasteiger partial charge in [-0.25, -0.2) is 14.2 Å². The number of nitrogens with one attached hydrogen (secondary N) is 1. The fourth-order valence-electron chi connectivity index (χ4n) is 1.51. The maximum Gasteiger partial charge on any atom is 0.353 e. The van der Waals surface area contributed by atoms with Crippen molar-refractivity contribution < 1.29 is 14.3 Å². The molecule has 1 aromatic carbocycles. The van der Waals surface area contributed by atoms with Gasteiger partial charge in [0, 0.05) is 6.42 Å². The molecule has 6 heteroatoms. The summed E-state index contributed by atoms with van der Waals surface area (Å²) in [6.07, 6.45) is 1.48. The fraction of sp³-hybridized carbons (Fsp3) is 0.0833. The second kappa shape index (κ2) is 4.67. The monoisotopic (exact) mass is 245 g/mol. The lowest BCUT2D eigenvalue weighted by molar-refractivity contribution is 0.0691. The number of halogens is 1. The van der Waals surface area contributed by atoms with Crippen LogP contribution in [0.15, 0.2) is 24.4 Å². The van der Waals surface area contributed by atoms with E-state index in [-0.39, 0.29) is 17.7 Å². The Morgan fingerprint density at radius 3 is 2.89 bits per heavy atom. The minimum Gasteiger partial charge on any atom is -0.477 e. The summed E-state index contributed by atoms with van der Waals surface area (Å²) in [6.45, 7) is 0. The summed E-state index contributed by atoms with van der Waals surface area (Å²) in [7, 11) is 0. The van der Waals surface area contributed by atoms with E-state index < -0.39 is 11.8 Å². The van der Waals surface area contributed by atoms with E-state index >= 15 is 0 Å². The number of rotatable bonds is 3. The van der Waals surface area contributed by atoms with Crippen molar-refractivity contribution >= 4 is 5.97 Å². The molecule has 0 radical (unpaired) electrons. The molecule has 0 amide bonds. The lowest BCUT2D eigenvalue weighted by Gasteiger charge is -2.00. The van der Waals surface area contributed by atoms with Crippen LogP contribution in [0.25, 0.3) is 0 Å². The van der Waals surface area contributed by atoms with Gasteiger partial charge >= 0.3 is 5.97 Å². The molecule has 1 heterocycles. The van der Waals surface area contributed by atoms with Gasteiger partial charge in [-0.05, 0) is 17.7 Å². The Morgan fingerprint density at radius 2 is 2.33 bits per heavy atom. The summed E-state index contributed by atoms with van der Waals surface area (Å²) in [6, 6.07) is 5.95. The van der Waals surface area contributed by atoms with E-state index in [0.717, 1.165) is 0 Å². The van der Waals surface area contributed by atoms with Gasteiger partial charge in [-0.3, -0.25) is 0 Å². The van der Waals surface area contributed by atoms with Crippen LogP contribution in [0.1, 0.15) is 27.4 Å². The molecule has 0 aliphatic heterocycles. The Labute approximate surface area is 102 Å². The first-order valence-corrected chi connectivity index (χ1v) is 5.06. The number of H-pyrrole nitrogens is 1. The van der Waals surface area contributed by atoms with E-state index in [1.165, 1.54) is 18.3 Å². The number of imidazole rings is 1. The van der Waals surface area contributed by atoms with Gasteiger partial charge in [0.05, 0.1) is 11.8 Å². The topological polar surface area (TPSA) is 89.8 Å². The number of nitrogens with zero attached hydrogens (tertiary/aromatic N) is 2. The van der Waals surface area contributed by atoms with Crippen LogP contribution in [0.3, 0.4) is 0 Å². The smallest absolute Gasteiger partial charge is 0.353 e. The average molecular weight is 245 g/mol. The predicted octanol–water partition coefficient (Wildman–Crippen LogP) is 1.71. The molecule has 1 aromatic heterocycles. The second-order valence-corrected chi connectivity index (χ2v) is 3.65. The van der Waals surface area contributed by atoms with E-state index in [4.69, 9.17) is 10.4 Å². The normalized spacial score (nSPS) is 10.0. The Balaban J connectivity index is 2.21. The van der Waals surface area contributed by atoms with Gasteiger partial charge in [0.25, 0.3) is 0 Å². The highest BCUT2D eigenvalue weighted by Gasteiger charge is 2.09. The van der Waals surface area contributed by atoms with Crippen molar-refractivity contribution in [3.63, 3.8) is 0 Å². The van der Waals surface area contributed by atoms with Gasteiger partial charge in [-0.1, -0.05) is 6.07 Å². The van der Waals surface area contributed by atoms with Gasteiger partial charge in [-0.15, -0.1) is 0 Å². The number of benzene rings is 1. The molecule has 0 aliphatic carbocycles. The SMILES string of the molecule is N#Cc1ccc(Cc2ncc(C(=O)O)[nH]2)cc1F. The van der Waals surface area contributed by atoms with Crippen molar-refractivity contribution in [2.75, 3.05) is 0 Å². The second-order valence-electron chi connectivity index (χ2n) is 3.65. The van der Waals surface area contributed by atoms with Crippen molar-refractivity contribution in [3.05, 3.63) is 52.9 Å². The van der Waals surface area contributed by atoms with Gasteiger partial charge < -0.3 is 10.1 Å². The van der Waals surface area contributed by atoms with Crippen LogP contribution in [0.4, 0.5) is 4.39 Å². The third kappa shape index (κ3) is 2.35. The van der Waals surface area contributed by atoms with Gasteiger partial charge in [-0.2, -0.15) is 5.26 Å². The van der Waals surface area contributed by atoms with Crippen molar-refractivity contribution in [2.24, 2.45) is 0 Å². The largest absolute Gasteiger partial charge is 0.477 e. The molecule has 0 atom stereocenters. The van der Waals surface area contributed by atoms with E-state index in [0.29, 0.717) is 11.4 Å². The fourth-order valence-corrected chi connectivity index (χ4v) is 1.51. The van der Waals surface area contributed by atoms with Crippen LogP contribution in [0.5, 0.6) is 0 Å². The minimum absolute atomic E-state index is 0.0147. The highest BCUT2D eigenvalue weighted by molar-refractivity contribution is 5.85. The lowest BCUT2D eigenvalue weighted by atomic mass is 10.1. The molecule has 90 valence electrons. The zero-order valence-corrected chi connectivity index (χ0v) is 9.14. The van der Waals surface area contributed by atoms with Crippen LogP contribution < -0.4 is 0 Å². The molecule has 5 nitrogen and oxygen atoms in total. The van der Waals surface area contributed by atoms with Crippen LogP contribution >= 0.6 is 0 Å². The Morgan fingerprint density at radius 1 is 1.56 bits per heavy atom. The maximum atomic E-state index is 13.3. The Hall–Kier alpha value is -2.68. The molecule has 0 unspecified atom stereocenters. The Bertz CT molecular complexity index is 643. The molecule has 2 rings (SSSR count). The van der Waals surface area contributed by atoms with E-state index in [2.05, 4.69) is 9.97 Å². The molecule has 0 saturated heterocycles. The minimum atomic E-state index is -1.10. The molecule has 18 heavy (non-hydrogen) atoms. The first-order chi connectivity index (χ1) is 8.60. The first kappa shape index (κ1) is 11.8. The standard InChI is InChI=1S/C12H8FN3O2/c13-9-3-7(1-2-8(9)5-14)4-11-15-6-10(16-11)12(17)18/h1-3,6H,4H2,(H,15,16)(H,17,18). The summed E-state index contributed by atoms with van der Waals surface area (Å²) in [5, 5.41) is 17.3. The molecule has 0 fully saturated rings. The zero-order valence-electron chi connectivity index (χ0n) is 9.14. The van der Waals surface area contributed by atoms with Crippen molar-refractivity contribution in [3.8, 4) is 6.07 Å². The van der Waals surface area contributed by atoms with Crippen molar-refractivity contribution in [2.45, 2.75) is 6.42 Å². The first-order valence-electron chi connectivity index (χ1n) is 5.06. The van der Waals surface area contributed by atoms with Crippen LogP contribution in [-0.4, -0.2) is 21.0 Å². The molecule has 0 saturated carbocycles. The molecular formula is C12H8FN3O2. The summed E-state index contributed by atoms with van der Waals surface area (Å²) in [5.41, 5.74) is 0.571. The predicted molar refractivity (Wildman–Crippen MR) is 59.5 cm³/mol. The number of hydrogen-bond donors (Lipinski definition) is 2. The van der Waals surface area contributed by atoms with E-state index in [1.807, 2.05) is 0 Å². The summed E-state index contributed by atoms with van der Waals surface area (Å²) in [4.78, 5) is 17.1. The van der Waals surface area contributed by atoms with Crippen LogP contribution in [0.2, 0.25) is 0 Å². The number of hydrogen-bond acceptors (Lipinski definition) is 3. The average Bonchev–Trinajstić information content (AvgIpc) is 2.78. The molecule has 0 spiro atoms. The number of carbonyl (C=O) groups is 1. The van der Waals surface area contributed by atoms with Crippen molar-refractivity contribution in [1.29, 1.82) is 5.26 Å². The quantitative estimate of drug-likeness (QED) is 0.861. The molecule has 2 N–H and O–H groups in total. The number of aromatic nitrogens is 2. The number of carboxylic acids is 1. The molecule has 0 bridgehead atoms. The van der Waals surface area contributed by atoms with Gasteiger partial charge in [0.2, 0.25) is 0 Å². The zero-order chi connectivity index (χ0) is 13.1. The lowest BCUT2D eigenvalue weighted by Crippen LogP contribution is -1.97. The number of nitriles is 1. The highest BCUT2D eigenvalue weighted by Crippen LogP contribution is 2.12. The summed E-state index contributed by atoms with van der Waals surface area (Å²) in [5.74, 6) is -1.27.